The molecular formula is C34H38Cl4N6O7P+. The van der Waals surface area contributed by atoms with Crippen LogP contribution in [0.3, 0.4) is 0 Å². The molecule has 1 N–H and O–H groups in total. The maximum atomic E-state index is 10.2. The number of fused-ring (bicyclic) bond motifs is 2. The fourth-order valence-corrected chi connectivity index (χ4v) is 4.64. The average molecular weight is 815 g/mol. The Bertz CT molecular complexity index is 2230. The van der Waals surface area contributed by atoms with Crippen LogP contribution in [-0.4, -0.2) is 30.6 Å². The van der Waals surface area contributed by atoms with E-state index in [0.717, 1.165) is 32.8 Å². The van der Waals surface area contributed by atoms with Crippen molar-refractivity contribution in [1.29, 1.82) is 0 Å². The van der Waals surface area contributed by atoms with E-state index in [9.17, 15) is 19.9 Å². The highest BCUT2D eigenvalue weighted by Gasteiger charge is 2.23. The van der Waals surface area contributed by atoms with Gasteiger partial charge in [0.25, 0.3) is 5.69 Å². The number of rotatable bonds is 3. The number of nitrogens with zero attached hydrogens (tertiary/aromatic N) is 6. The molecule has 5 heterocycles. The van der Waals surface area contributed by atoms with Crippen molar-refractivity contribution in [2.45, 2.75) is 50.0 Å². The second-order valence-corrected chi connectivity index (χ2v) is 17.1. The molecule has 0 spiro atoms. The number of aryl methyl sites for hydroxylation is 4. The van der Waals surface area contributed by atoms with Gasteiger partial charge in [0.15, 0.2) is 11.4 Å². The predicted octanol–water partition coefficient (Wildman–Crippen LogP) is 12.1. The molecule has 0 radical (unpaired) electrons. The van der Waals surface area contributed by atoms with Gasteiger partial charge in [-0.3, -0.25) is 19.9 Å². The minimum atomic E-state index is -3.22. The third-order valence-corrected chi connectivity index (χ3v) is 6.83. The lowest BCUT2D eigenvalue weighted by atomic mass is 10.1. The van der Waals surface area contributed by atoms with E-state index in [4.69, 9.17) is 20.6 Å². The lowest BCUT2D eigenvalue weighted by molar-refractivity contribution is -0.876. The number of hydrogen-bond acceptors (Lipinski definition) is 11. The summed E-state index contributed by atoms with van der Waals surface area (Å²) in [7, 11) is 0. The Kier molecular flexibility index (Phi) is 17.4. The zero-order valence-corrected chi connectivity index (χ0v) is 30.0. The zero-order chi connectivity index (χ0) is 35.9. The van der Waals surface area contributed by atoms with Crippen LogP contribution in [0.2, 0.25) is 5.02 Å². The number of aromatic nitrogens is 5. The van der Waals surface area contributed by atoms with Crippen molar-refractivity contribution in [3.63, 3.8) is 0 Å². The molecule has 2 aromatic carbocycles. The molecule has 0 saturated carbocycles. The number of halogens is 4. The van der Waals surface area contributed by atoms with Gasteiger partial charge in [-0.05, 0) is 78.8 Å². The van der Waals surface area contributed by atoms with E-state index in [0.29, 0.717) is 38.8 Å². The SMILES string of the molecule is C.C.C.Cc1noc(C)c1[N+](=O)[O-].Cc1noc2c(Cl)cc(-c3ccccc3)nc12.Cc1noc2ccc(-c3ccccc3)[n+](O)c12.O=P(Cl)(Cl)Cl. The van der Waals surface area contributed by atoms with Crippen molar-refractivity contribution in [2.24, 2.45) is 0 Å². The van der Waals surface area contributed by atoms with Crippen molar-refractivity contribution >= 4 is 78.4 Å². The monoisotopic (exact) mass is 813 g/mol. The molecule has 0 unspecified atom stereocenters. The van der Waals surface area contributed by atoms with Gasteiger partial charge in [-0.1, -0.05) is 97.9 Å². The maximum Gasteiger partial charge on any atom is 0.339 e. The number of hydrogen-bond donors (Lipinski definition) is 1. The van der Waals surface area contributed by atoms with Gasteiger partial charge in [0.2, 0.25) is 16.9 Å². The van der Waals surface area contributed by atoms with Crippen molar-refractivity contribution in [3.8, 4) is 22.5 Å². The second kappa shape index (κ2) is 19.9. The van der Waals surface area contributed by atoms with Crippen LogP contribution >= 0.6 is 50.5 Å². The zero-order valence-electron chi connectivity index (χ0n) is 26.0. The van der Waals surface area contributed by atoms with E-state index in [1.807, 2.05) is 79.7 Å². The topological polar surface area (TPSA) is 175 Å². The Labute approximate surface area is 319 Å². The molecule has 0 aliphatic carbocycles. The van der Waals surface area contributed by atoms with Crippen molar-refractivity contribution in [1.82, 2.24) is 20.5 Å². The summed E-state index contributed by atoms with van der Waals surface area (Å²) >= 11 is 20.0. The number of benzene rings is 2. The molecule has 52 heavy (non-hydrogen) atoms. The van der Waals surface area contributed by atoms with Gasteiger partial charge >= 0.3 is 16.4 Å². The Morgan fingerprint density at radius 1 is 0.769 bits per heavy atom. The largest absolute Gasteiger partial charge is 0.354 e. The minimum absolute atomic E-state index is 0. The molecule has 18 heteroatoms. The van der Waals surface area contributed by atoms with Gasteiger partial charge in [-0.25, -0.2) is 4.98 Å². The first-order chi connectivity index (χ1) is 23.2. The summed E-state index contributed by atoms with van der Waals surface area (Å²) < 4.78 is 25.4. The quantitative estimate of drug-likeness (QED) is 0.0590. The van der Waals surface area contributed by atoms with Crippen molar-refractivity contribution in [3.05, 3.63) is 117 Å². The van der Waals surface area contributed by atoms with Gasteiger partial charge in [-0.2, -0.15) is 0 Å². The third-order valence-electron chi connectivity index (χ3n) is 6.55. The summed E-state index contributed by atoms with van der Waals surface area (Å²) in [5, 5.41) is 28.8. The van der Waals surface area contributed by atoms with Crippen LogP contribution in [-0.2, 0) is 4.57 Å². The normalized spacial score (nSPS) is 10.2. The molecule has 278 valence electrons. The Hall–Kier alpha value is -4.52. The number of nitro groups is 1. The summed E-state index contributed by atoms with van der Waals surface area (Å²) in [6, 6.07) is 25.0. The number of pyridine rings is 2. The van der Waals surface area contributed by atoms with Gasteiger partial charge < -0.3 is 13.6 Å². The van der Waals surface area contributed by atoms with E-state index in [-0.39, 0.29) is 33.7 Å². The highest BCUT2D eigenvalue weighted by atomic mass is 36.0. The molecule has 7 aromatic rings. The molecule has 0 aliphatic rings. The summed E-state index contributed by atoms with van der Waals surface area (Å²) in [4.78, 5) is 14.2. The fraction of sp³-hybridized carbons (Fsp3) is 0.206. The van der Waals surface area contributed by atoms with E-state index >= 15 is 0 Å². The molecular weight excluding hydrogens is 777 g/mol. The van der Waals surface area contributed by atoms with Gasteiger partial charge in [-0.15, -0.1) is 0 Å². The highest BCUT2D eigenvalue weighted by molar-refractivity contribution is 8.24. The Balaban J connectivity index is 0.000000366. The van der Waals surface area contributed by atoms with Crippen molar-refractivity contribution in [2.75, 3.05) is 0 Å². The Morgan fingerprint density at radius 2 is 1.29 bits per heavy atom. The van der Waals surface area contributed by atoms with Gasteiger partial charge in [0, 0.05) is 23.3 Å². The first-order valence-electron chi connectivity index (χ1n) is 14.0. The van der Waals surface area contributed by atoms with Crippen LogP contribution < -0.4 is 4.73 Å². The van der Waals surface area contributed by atoms with Crippen LogP contribution in [0.5, 0.6) is 0 Å². The summed E-state index contributed by atoms with van der Waals surface area (Å²) in [6.45, 7) is 6.70. The van der Waals surface area contributed by atoms with Crippen LogP contribution in [0.4, 0.5) is 5.69 Å². The highest BCUT2D eigenvalue weighted by Crippen LogP contribution is 2.61. The van der Waals surface area contributed by atoms with E-state index in [1.165, 1.54) is 13.8 Å². The predicted molar refractivity (Wildman–Crippen MR) is 207 cm³/mol. The molecule has 7 rings (SSSR count). The standard InChI is InChI=1S/C13H9ClN2O.C13H11N2O2.C5H6N2O3.3CH4.Cl3OP/c1-8-12-13(17-16-8)10(14)7-11(15-12)9-5-3-2-4-6-9;1-9-13-12(17-14-9)8-7-11(15(13)16)10-5-3-2-4-6-10;1-3-5(7(8)9)4(2)10-6-3;;;;1-5(2,3)4/h2-7H,1H3;2-8,16H,1H3;1-2H3;3*1H4;/q;+1;;;;;. The third kappa shape index (κ3) is 11.8. The van der Waals surface area contributed by atoms with E-state index in [1.54, 1.807) is 13.0 Å². The second-order valence-electron chi connectivity index (χ2n) is 10.0. The molecule has 0 atom stereocenters. The smallest absolute Gasteiger partial charge is 0.339 e. The molecule has 0 amide bonds. The summed E-state index contributed by atoms with van der Waals surface area (Å²) in [6.07, 6.45) is 0. The molecule has 0 aliphatic heterocycles. The molecule has 5 aromatic heterocycles. The summed E-state index contributed by atoms with van der Waals surface area (Å²) in [5.41, 5.74) is 7.66. The average Bonchev–Trinajstić information content (AvgIpc) is 3.74. The fourth-order valence-electron chi connectivity index (χ4n) is 4.41. The maximum absolute atomic E-state index is 10.2. The lowest BCUT2D eigenvalue weighted by Crippen LogP contribution is -2.33. The van der Waals surface area contributed by atoms with Crippen LogP contribution in [0.15, 0.2) is 92.4 Å². The lowest BCUT2D eigenvalue weighted by Gasteiger charge is -2.01. The van der Waals surface area contributed by atoms with E-state index in [2.05, 4.69) is 58.7 Å². The van der Waals surface area contributed by atoms with Gasteiger partial charge in [0.05, 0.1) is 21.2 Å². The van der Waals surface area contributed by atoms with Crippen LogP contribution in [0.25, 0.3) is 44.7 Å². The van der Waals surface area contributed by atoms with E-state index < -0.39 is 10.1 Å². The molecule has 0 bridgehead atoms. The molecule has 13 nitrogen and oxygen atoms in total. The van der Waals surface area contributed by atoms with Crippen LogP contribution in [0.1, 0.15) is 45.1 Å². The summed E-state index contributed by atoms with van der Waals surface area (Å²) in [5.74, 6) is 0.252. The minimum Gasteiger partial charge on any atom is -0.354 e. The van der Waals surface area contributed by atoms with Crippen molar-refractivity contribution < 1.29 is 33.0 Å². The van der Waals surface area contributed by atoms with Gasteiger partial charge in [0.1, 0.15) is 11.2 Å². The van der Waals surface area contributed by atoms with Crippen LogP contribution in [0, 0.1) is 37.8 Å². The molecule has 0 saturated heterocycles. The first-order valence-corrected chi connectivity index (χ1v) is 18.8. The first kappa shape index (κ1) is 45.5. The Morgan fingerprint density at radius 3 is 1.79 bits per heavy atom. The molecule has 0 fully saturated rings.